The monoisotopic (exact) mass is 391 g/mol. The normalized spacial score (nSPS) is 20.3. The van der Waals surface area contributed by atoms with Crippen LogP contribution < -0.4 is 14.4 Å². The Labute approximate surface area is 171 Å². The summed E-state index contributed by atoms with van der Waals surface area (Å²) in [5.74, 6) is 1.04. The van der Waals surface area contributed by atoms with E-state index in [1.807, 2.05) is 42.5 Å². The van der Waals surface area contributed by atoms with Crippen LogP contribution in [-0.2, 0) is 0 Å². The van der Waals surface area contributed by atoms with Gasteiger partial charge >= 0.3 is 6.09 Å². The maximum Gasteiger partial charge on any atom is 0.415 e. The molecule has 4 rings (SSSR count). The molecule has 2 atom stereocenters. The van der Waals surface area contributed by atoms with Gasteiger partial charge in [0, 0.05) is 31.4 Å². The lowest BCUT2D eigenvalue weighted by atomic mass is 9.91. The summed E-state index contributed by atoms with van der Waals surface area (Å²) in [6.07, 6.45) is 1.77. The molecule has 2 heterocycles. The smallest absolute Gasteiger partial charge is 0.415 e. The van der Waals surface area contributed by atoms with Gasteiger partial charge in [-0.1, -0.05) is 18.2 Å². The van der Waals surface area contributed by atoms with E-state index in [1.165, 1.54) is 0 Å². The van der Waals surface area contributed by atoms with Gasteiger partial charge in [-0.15, -0.1) is 0 Å². The van der Waals surface area contributed by atoms with Crippen molar-refractivity contribution in [2.45, 2.75) is 31.7 Å². The molecule has 0 aromatic heterocycles. The van der Waals surface area contributed by atoms with Gasteiger partial charge < -0.3 is 19.3 Å². The van der Waals surface area contributed by atoms with Gasteiger partial charge in [0.15, 0.2) is 0 Å². The third-order valence-electron chi connectivity index (χ3n) is 5.80. The summed E-state index contributed by atoms with van der Waals surface area (Å²) >= 11 is 0. The quantitative estimate of drug-likeness (QED) is 0.769. The number of nitrogens with zero attached hydrogens (tertiary/aromatic N) is 3. The number of hydrogen-bond acceptors (Lipinski definition) is 5. The fourth-order valence-corrected chi connectivity index (χ4v) is 4.34. The fourth-order valence-electron chi connectivity index (χ4n) is 4.34. The molecule has 2 aromatic rings. The average Bonchev–Trinajstić information content (AvgIpc) is 3.39. The van der Waals surface area contributed by atoms with Crippen molar-refractivity contribution < 1.29 is 14.3 Å². The number of fused-ring (bicyclic) bond motifs is 1. The maximum absolute atomic E-state index is 12.2. The molecule has 0 bridgehead atoms. The minimum absolute atomic E-state index is 0.0876. The molecule has 0 spiro atoms. The molecule has 1 saturated heterocycles. The van der Waals surface area contributed by atoms with Crippen LogP contribution in [0.5, 0.6) is 11.5 Å². The van der Waals surface area contributed by atoms with Crippen LogP contribution in [0.4, 0.5) is 10.5 Å². The Kier molecular flexibility index (Phi) is 5.30. The number of carbonyl (C=O) groups is 1. The standard InChI is InChI=1S/C23H25N3O3/c1-3-26-21-14-18(28-2)10-11-19(21)20(15-24)22(26)16-6-8-17(9-7-16)29-23(27)25-12-4-5-13-25/h6-11,14,20,22H,3-5,12-13H2,1-2H3. The summed E-state index contributed by atoms with van der Waals surface area (Å²) in [6.45, 7) is 4.38. The first-order chi connectivity index (χ1) is 14.2. The van der Waals surface area contributed by atoms with Crippen molar-refractivity contribution in [2.24, 2.45) is 0 Å². The first kappa shape index (κ1) is 19.1. The molecule has 0 saturated carbocycles. The number of likely N-dealkylation sites (N-methyl/N-ethyl adjacent to an activating group) is 1. The summed E-state index contributed by atoms with van der Waals surface area (Å²) in [7, 11) is 1.65. The molecule has 150 valence electrons. The molecule has 2 aliphatic rings. The van der Waals surface area contributed by atoms with Crippen LogP contribution in [0.25, 0.3) is 0 Å². The number of anilines is 1. The van der Waals surface area contributed by atoms with E-state index in [2.05, 4.69) is 17.9 Å². The third kappa shape index (κ3) is 3.49. The van der Waals surface area contributed by atoms with Crippen molar-refractivity contribution in [2.75, 3.05) is 31.6 Å². The first-order valence-electron chi connectivity index (χ1n) is 10.1. The highest BCUT2D eigenvalue weighted by atomic mass is 16.6. The average molecular weight is 391 g/mol. The second-order valence-electron chi connectivity index (χ2n) is 7.39. The molecule has 6 nitrogen and oxygen atoms in total. The van der Waals surface area contributed by atoms with E-state index in [0.29, 0.717) is 5.75 Å². The lowest BCUT2D eigenvalue weighted by Crippen LogP contribution is -2.30. The van der Waals surface area contributed by atoms with Crippen LogP contribution in [0.15, 0.2) is 42.5 Å². The third-order valence-corrected chi connectivity index (χ3v) is 5.80. The van der Waals surface area contributed by atoms with Gasteiger partial charge in [0.05, 0.1) is 25.1 Å². The molecule has 1 fully saturated rings. The summed E-state index contributed by atoms with van der Waals surface area (Å²) in [5, 5.41) is 9.90. The first-order valence-corrected chi connectivity index (χ1v) is 10.1. The molecular weight excluding hydrogens is 366 g/mol. The van der Waals surface area contributed by atoms with Crippen molar-refractivity contribution in [3.05, 3.63) is 53.6 Å². The number of benzene rings is 2. The van der Waals surface area contributed by atoms with E-state index in [4.69, 9.17) is 9.47 Å². The molecule has 2 aromatic carbocycles. The Morgan fingerprint density at radius 2 is 1.83 bits per heavy atom. The number of carbonyl (C=O) groups excluding carboxylic acids is 1. The second-order valence-corrected chi connectivity index (χ2v) is 7.39. The van der Waals surface area contributed by atoms with E-state index in [-0.39, 0.29) is 18.1 Å². The summed E-state index contributed by atoms with van der Waals surface area (Å²) in [5.41, 5.74) is 3.08. The van der Waals surface area contributed by atoms with Crippen LogP contribution in [0.2, 0.25) is 0 Å². The predicted octanol–water partition coefficient (Wildman–Crippen LogP) is 4.48. The van der Waals surface area contributed by atoms with Crippen molar-refractivity contribution in [1.29, 1.82) is 5.26 Å². The Bertz CT molecular complexity index is 929. The zero-order valence-corrected chi connectivity index (χ0v) is 16.8. The van der Waals surface area contributed by atoms with Gasteiger partial charge in [-0.25, -0.2) is 4.79 Å². The predicted molar refractivity (Wildman–Crippen MR) is 110 cm³/mol. The molecule has 29 heavy (non-hydrogen) atoms. The molecule has 1 amide bonds. The highest BCUT2D eigenvalue weighted by Gasteiger charge is 2.39. The van der Waals surface area contributed by atoms with Gasteiger partial charge in [-0.05, 0) is 49.1 Å². The molecule has 6 heteroatoms. The minimum Gasteiger partial charge on any atom is -0.497 e. The number of methoxy groups -OCH3 is 1. The Balaban J connectivity index is 1.58. The van der Waals surface area contributed by atoms with E-state index < -0.39 is 0 Å². The van der Waals surface area contributed by atoms with Gasteiger partial charge in [0.1, 0.15) is 11.5 Å². The highest BCUT2D eigenvalue weighted by molar-refractivity contribution is 5.71. The SMILES string of the molecule is CCN1c2cc(OC)ccc2C(C#N)C1c1ccc(OC(=O)N2CCCC2)cc1. The highest BCUT2D eigenvalue weighted by Crippen LogP contribution is 2.49. The van der Waals surface area contributed by atoms with E-state index in [9.17, 15) is 10.1 Å². The summed E-state index contributed by atoms with van der Waals surface area (Å²) in [4.78, 5) is 16.2. The largest absolute Gasteiger partial charge is 0.497 e. The van der Waals surface area contributed by atoms with Crippen molar-refractivity contribution in [3.63, 3.8) is 0 Å². The Hall–Kier alpha value is -3.20. The van der Waals surface area contributed by atoms with Gasteiger partial charge in [-0.3, -0.25) is 0 Å². The van der Waals surface area contributed by atoms with E-state index in [1.54, 1.807) is 12.0 Å². The fraction of sp³-hybridized carbons (Fsp3) is 0.391. The topological polar surface area (TPSA) is 65.8 Å². The summed E-state index contributed by atoms with van der Waals surface area (Å²) in [6, 6.07) is 15.8. The zero-order valence-electron chi connectivity index (χ0n) is 16.8. The molecular formula is C23H25N3O3. The van der Waals surface area contributed by atoms with Crippen molar-refractivity contribution in [1.82, 2.24) is 4.90 Å². The van der Waals surface area contributed by atoms with Crippen molar-refractivity contribution >= 4 is 11.8 Å². The Morgan fingerprint density at radius 3 is 2.45 bits per heavy atom. The molecule has 2 aliphatic heterocycles. The lowest BCUT2D eigenvalue weighted by molar-refractivity contribution is 0.163. The number of likely N-dealkylation sites (tertiary alicyclic amines) is 1. The van der Waals surface area contributed by atoms with Crippen LogP contribution in [0.1, 0.15) is 42.9 Å². The summed E-state index contributed by atoms with van der Waals surface area (Å²) < 4.78 is 10.9. The molecule has 0 N–H and O–H groups in total. The number of amides is 1. The molecule has 2 unspecified atom stereocenters. The second kappa shape index (κ2) is 8.04. The van der Waals surface area contributed by atoms with E-state index in [0.717, 1.165) is 55.0 Å². The van der Waals surface area contributed by atoms with Crippen LogP contribution >= 0.6 is 0 Å². The minimum atomic E-state index is -0.291. The van der Waals surface area contributed by atoms with Crippen LogP contribution in [0, 0.1) is 11.3 Å². The van der Waals surface area contributed by atoms with Gasteiger partial charge in [-0.2, -0.15) is 5.26 Å². The lowest BCUT2D eigenvalue weighted by Gasteiger charge is -2.28. The van der Waals surface area contributed by atoms with Crippen LogP contribution in [0.3, 0.4) is 0 Å². The number of ether oxygens (including phenoxy) is 2. The van der Waals surface area contributed by atoms with Gasteiger partial charge in [0.25, 0.3) is 0 Å². The number of nitriles is 1. The maximum atomic E-state index is 12.2. The van der Waals surface area contributed by atoms with Crippen LogP contribution in [-0.4, -0.2) is 37.7 Å². The van der Waals surface area contributed by atoms with Crippen molar-refractivity contribution in [3.8, 4) is 17.6 Å². The number of hydrogen-bond donors (Lipinski definition) is 0. The Morgan fingerprint density at radius 1 is 1.14 bits per heavy atom. The molecule has 0 aliphatic carbocycles. The number of rotatable bonds is 4. The molecule has 0 radical (unpaired) electrons. The zero-order chi connectivity index (χ0) is 20.4. The van der Waals surface area contributed by atoms with E-state index >= 15 is 0 Å². The van der Waals surface area contributed by atoms with Gasteiger partial charge in [0.2, 0.25) is 0 Å².